The van der Waals surface area contributed by atoms with Gasteiger partial charge in [-0.15, -0.1) is 0 Å². The van der Waals surface area contributed by atoms with E-state index in [1.54, 1.807) is 24.3 Å². The predicted molar refractivity (Wildman–Crippen MR) is 86.9 cm³/mol. The summed E-state index contributed by atoms with van der Waals surface area (Å²) < 4.78 is 13.6. The maximum absolute atomic E-state index is 13.6. The van der Waals surface area contributed by atoms with Crippen LogP contribution in [0.25, 0.3) is 16.3 Å². The Balaban J connectivity index is 2.19. The highest BCUT2D eigenvalue weighted by atomic mass is 19.1. The zero-order valence-electron chi connectivity index (χ0n) is 12.7. The fourth-order valence-electron chi connectivity index (χ4n) is 2.63. The number of fused-ring (bicyclic) bond motifs is 1. The Labute approximate surface area is 136 Å². The third-order valence-electron chi connectivity index (χ3n) is 3.72. The lowest BCUT2D eigenvalue weighted by molar-refractivity contribution is -0.120. The molecule has 120 valence electrons. The third-order valence-corrected chi connectivity index (χ3v) is 3.72. The number of amides is 1. The second-order valence-corrected chi connectivity index (χ2v) is 5.39. The van der Waals surface area contributed by atoms with Crippen molar-refractivity contribution in [1.82, 2.24) is 5.32 Å². The molecule has 24 heavy (non-hydrogen) atoms. The van der Waals surface area contributed by atoms with E-state index in [9.17, 15) is 18.8 Å². The fraction of sp³-hybridized carbons (Fsp3) is 0.0556. The number of carbonyl (C=O) groups is 3. The van der Waals surface area contributed by atoms with E-state index >= 15 is 0 Å². The van der Waals surface area contributed by atoms with Gasteiger partial charge in [0.1, 0.15) is 17.2 Å². The summed E-state index contributed by atoms with van der Waals surface area (Å²) in [6.45, 7) is 1.21. The highest BCUT2D eigenvalue weighted by Crippen LogP contribution is 2.30. The monoisotopic (exact) mass is 324 g/mol. The number of rotatable bonds is 2. The maximum atomic E-state index is 13.6. The average Bonchev–Trinajstić information content (AvgIpc) is 2.54. The van der Waals surface area contributed by atoms with Crippen molar-refractivity contribution in [1.29, 1.82) is 0 Å². The number of allylic oxidation sites excluding steroid dienone is 2. The number of ketones is 2. The second kappa shape index (κ2) is 5.73. The van der Waals surface area contributed by atoms with Crippen LogP contribution in [-0.2, 0) is 14.4 Å². The van der Waals surface area contributed by atoms with Crippen LogP contribution in [0.1, 0.15) is 12.5 Å². The number of benzene rings is 2. The molecular weight excluding hydrogens is 311 g/mol. The number of hydrogen-bond acceptors (Lipinski definition) is 4. The SMILES string of the molecule is CC(=O)NC1=C(N)C(=O)C=C(c2cccc3ccc(F)cc23)C1=O. The molecule has 0 bridgehead atoms. The van der Waals surface area contributed by atoms with E-state index in [1.807, 2.05) is 0 Å². The Bertz CT molecular complexity index is 973. The number of Topliss-reactive ketones (excluding diaryl/α,β-unsaturated/α-hetero) is 1. The van der Waals surface area contributed by atoms with Crippen molar-refractivity contribution in [3.8, 4) is 0 Å². The second-order valence-electron chi connectivity index (χ2n) is 5.39. The molecule has 5 nitrogen and oxygen atoms in total. The molecule has 1 aliphatic carbocycles. The van der Waals surface area contributed by atoms with Gasteiger partial charge in [-0.25, -0.2) is 4.39 Å². The molecule has 3 rings (SSSR count). The Morgan fingerprint density at radius 3 is 2.62 bits per heavy atom. The van der Waals surface area contributed by atoms with Crippen LogP contribution >= 0.6 is 0 Å². The molecule has 3 N–H and O–H groups in total. The predicted octanol–water partition coefficient (Wildman–Crippen LogP) is 1.82. The van der Waals surface area contributed by atoms with E-state index < -0.39 is 23.3 Å². The van der Waals surface area contributed by atoms with Crippen LogP contribution in [0.15, 0.2) is 53.9 Å². The van der Waals surface area contributed by atoms with Gasteiger partial charge in [0.2, 0.25) is 17.5 Å². The Morgan fingerprint density at radius 2 is 1.92 bits per heavy atom. The Kier molecular flexibility index (Phi) is 3.73. The Hall–Kier alpha value is -3.28. The molecule has 0 radical (unpaired) electrons. The first-order chi connectivity index (χ1) is 11.4. The van der Waals surface area contributed by atoms with E-state index in [-0.39, 0.29) is 17.0 Å². The molecule has 0 saturated carbocycles. The molecule has 0 unspecified atom stereocenters. The van der Waals surface area contributed by atoms with Crippen LogP contribution < -0.4 is 11.1 Å². The van der Waals surface area contributed by atoms with Crippen molar-refractivity contribution in [2.75, 3.05) is 0 Å². The Morgan fingerprint density at radius 1 is 1.17 bits per heavy atom. The molecule has 0 fully saturated rings. The lowest BCUT2D eigenvalue weighted by atomic mass is 9.89. The molecule has 2 aromatic rings. The molecule has 0 heterocycles. The van der Waals surface area contributed by atoms with E-state index in [2.05, 4.69) is 5.32 Å². The number of hydrogen-bond donors (Lipinski definition) is 2. The van der Waals surface area contributed by atoms with Crippen LogP contribution in [0.3, 0.4) is 0 Å². The number of carbonyl (C=O) groups excluding carboxylic acids is 3. The number of nitrogens with two attached hydrogens (primary N) is 1. The highest BCUT2D eigenvalue weighted by molar-refractivity contribution is 6.38. The molecular formula is C18H13FN2O3. The maximum Gasteiger partial charge on any atom is 0.221 e. The number of nitrogens with one attached hydrogen (secondary N) is 1. The zero-order valence-corrected chi connectivity index (χ0v) is 12.7. The van der Waals surface area contributed by atoms with Crippen molar-refractivity contribution < 1.29 is 18.8 Å². The van der Waals surface area contributed by atoms with Crippen molar-refractivity contribution in [2.45, 2.75) is 6.92 Å². The van der Waals surface area contributed by atoms with Crippen LogP contribution in [0.2, 0.25) is 0 Å². The van der Waals surface area contributed by atoms with E-state index in [0.29, 0.717) is 10.9 Å². The summed E-state index contributed by atoms with van der Waals surface area (Å²) >= 11 is 0. The molecule has 0 aromatic heterocycles. The minimum absolute atomic E-state index is 0.0640. The summed E-state index contributed by atoms with van der Waals surface area (Å²) in [6.07, 6.45) is 1.11. The molecule has 1 amide bonds. The first-order valence-corrected chi connectivity index (χ1v) is 7.15. The molecule has 0 aliphatic heterocycles. The minimum atomic E-state index is -0.584. The fourth-order valence-corrected chi connectivity index (χ4v) is 2.63. The zero-order chi connectivity index (χ0) is 17.4. The minimum Gasteiger partial charge on any atom is -0.394 e. The smallest absolute Gasteiger partial charge is 0.221 e. The molecule has 1 aliphatic rings. The van der Waals surface area contributed by atoms with Gasteiger partial charge in [-0.3, -0.25) is 14.4 Å². The molecule has 0 saturated heterocycles. The van der Waals surface area contributed by atoms with Crippen molar-refractivity contribution in [3.63, 3.8) is 0 Å². The van der Waals surface area contributed by atoms with Gasteiger partial charge in [-0.2, -0.15) is 0 Å². The molecule has 2 aromatic carbocycles. The normalized spacial score (nSPS) is 14.8. The van der Waals surface area contributed by atoms with Gasteiger partial charge in [-0.1, -0.05) is 24.3 Å². The van der Waals surface area contributed by atoms with Gasteiger partial charge in [0.25, 0.3) is 0 Å². The summed E-state index contributed by atoms with van der Waals surface area (Å²) in [6, 6.07) is 9.28. The third kappa shape index (κ3) is 2.58. The standard InChI is InChI=1S/C18H13FN2O3/c1-9(22)21-17-16(20)15(23)8-14(18(17)24)12-4-2-3-10-5-6-11(19)7-13(10)12/h2-8H,20H2,1H3,(H,21,22). The first-order valence-electron chi connectivity index (χ1n) is 7.15. The lowest BCUT2D eigenvalue weighted by Crippen LogP contribution is -2.34. The highest BCUT2D eigenvalue weighted by Gasteiger charge is 2.29. The summed E-state index contributed by atoms with van der Waals surface area (Å²) in [4.78, 5) is 36.0. The van der Waals surface area contributed by atoms with E-state index in [1.165, 1.54) is 19.1 Å². The van der Waals surface area contributed by atoms with Crippen LogP contribution in [-0.4, -0.2) is 17.5 Å². The van der Waals surface area contributed by atoms with Gasteiger partial charge < -0.3 is 11.1 Å². The lowest BCUT2D eigenvalue weighted by Gasteiger charge is -2.18. The van der Waals surface area contributed by atoms with Crippen LogP contribution in [0.5, 0.6) is 0 Å². The molecule has 6 heteroatoms. The summed E-state index contributed by atoms with van der Waals surface area (Å²) in [5.74, 6) is -2.14. The largest absolute Gasteiger partial charge is 0.394 e. The van der Waals surface area contributed by atoms with E-state index in [4.69, 9.17) is 5.73 Å². The summed E-state index contributed by atoms with van der Waals surface area (Å²) in [5, 5.41) is 3.52. The quantitative estimate of drug-likeness (QED) is 0.825. The molecule has 0 spiro atoms. The van der Waals surface area contributed by atoms with E-state index in [0.717, 1.165) is 11.5 Å². The van der Waals surface area contributed by atoms with Gasteiger partial charge >= 0.3 is 0 Å². The van der Waals surface area contributed by atoms with Gasteiger partial charge in [0.15, 0.2) is 0 Å². The van der Waals surface area contributed by atoms with Gasteiger partial charge in [0.05, 0.1) is 0 Å². The van der Waals surface area contributed by atoms with Crippen molar-refractivity contribution >= 4 is 33.8 Å². The number of halogens is 1. The summed E-state index contributed by atoms with van der Waals surface area (Å²) in [7, 11) is 0. The summed E-state index contributed by atoms with van der Waals surface area (Å²) in [5.41, 5.74) is 5.53. The average molecular weight is 324 g/mol. The van der Waals surface area contributed by atoms with Crippen LogP contribution in [0.4, 0.5) is 4.39 Å². The van der Waals surface area contributed by atoms with Crippen molar-refractivity contribution in [2.24, 2.45) is 5.73 Å². The molecule has 0 atom stereocenters. The van der Waals surface area contributed by atoms with Crippen molar-refractivity contribution in [3.05, 3.63) is 65.2 Å². The van der Waals surface area contributed by atoms with Gasteiger partial charge in [0, 0.05) is 12.5 Å². The van der Waals surface area contributed by atoms with Gasteiger partial charge in [-0.05, 0) is 34.5 Å². The first kappa shape index (κ1) is 15.6. The topological polar surface area (TPSA) is 89.3 Å². The van der Waals surface area contributed by atoms with Crippen LogP contribution in [0, 0.1) is 5.82 Å².